The highest BCUT2D eigenvalue weighted by atomic mass is 19.1. The zero-order valence-electron chi connectivity index (χ0n) is 19.7. The molecule has 5 rings (SSSR count). The minimum Gasteiger partial charge on any atom is -0.484 e. The molecule has 0 spiro atoms. The lowest BCUT2D eigenvalue weighted by Crippen LogP contribution is -2.34. The summed E-state index contributed by atoms with van der Waals surface area (Å²) < 4.78 is 26.8. The van der Waals surface area contributed by atoms with Gasteiger partial charge < -0.3 is 14.2 Å². The molecule has 4 aromatic rings. The first kappa shape index (κ1) is 22.6. The van der Waals surface area contributed by atoms with Gasteiger partial charge in [-0.25, -0.2) is 9.07 Å². The van der Waals surface area contributed by atoms with Crippen LogP contribution in [0.15, 0.2) is 53.5 Å². The van der Waals surface area contributed by atoms with Gasteiger partial charge in [-0.2, -0.15) is 4.98 Å². The maximum absolute atomic E-state index is 14.4. The van der Waals surface area contributed by atoms with E-state index in [0.717, 1.165) is 12.1 Å². The normalized spacial score (nSPS) is 16.0. The van der Waals surface area contributed by atoms with E-state index in [2.05, 4.69) is 48.5 Å². The average molecular weight is 477 g/mol. The maximum atomic E-state index is 14.4. The van der Waals surface area contributed by atoms with Crippen LogP contribution in [0.5, 0.6) is 5.75 Å². The molecule has 0 fully saturated rings. The molecule has 11 heteroatoms. The average Bonchev–Trinajstić information content (AvgIpc) is 3.57. The van der Waals surface area contributed by atoms with Crippen molar-refractivity contribution in [1.82, 2.24) is 35.3 Å². The molecule has 180 valence electrons. The number of rotatable bonds is 7. The summed E-state index contributed by atoms with van der Waals surface area (Å²) in [5.41, 5.74) is 3.48. The number of pyridine rings is 1. The molecule has 4 heterocycles. The molecule has 1 unspecified atom stereocenters. The summed E-state index contributed by atoms with van der Waals surface area (Å²) in [6.45, 7) is 7.86. The third-order valence-corrected chi connectivity index (χ3v) is 5.83. The van der Waals surface area contributed by atoms with Gasteiger partial charge in [0.25, 0.3) is 5.95 Å². The van der Waals surface area contributed by atoms with Crippen LogP contribution in [0.4, 0.5) is 10.3 Å². The number of nitrogens with zero attached hydrogens (tertiary/aromatic N) is 8. The van der Waals surface area contributed by atoms with Crippen LogP contribution in [0.2, 0.25) is 0 Å². The largest absolute Gasteiger partial charge is 0.484 e. The van der Waals surface area contributed by atoms with Crippen LogP contribution < -0.4 is 9.64 Å². The molecule has 0 saturated carbocycles. The van der Waals surface area contributed by atoms with Crippen LogP contribution in [-0.2, 0) is 6.61 Å². The summed E-state index contributed by atoms with van der Waals surface area (Å²) in [4.78, 5) is 11.1. The number of aromatic nitrogens is 7. The molecule has 0 N–H and O–H groups in total. The predicted molar refractivity (Wildman–Crippen MR) is 125 cm³/mol. The van der Waals surface area contributed by atoms with Gasteiger partial charge in [-0.1, -0.05) is 32.9 Å². The van der Waals surface area contributed by atoms with E-state index in [-0.39, 0.29) is 24.2 Å². The van der Waals surface area contributed by atoms with Gasteiger partial charge >= 0.3 is 0 Å². The molecule has 1 aromatic carbocycles. The minimum absolute atomic E-state index is 0.137. The van der Waals surface area contributed by atoms with Crippen LogP contribution in [0.1, 0.15) is 43.8 Å². The van der Waals surface area contributed by atoms with E-state index in [1.807, 2.05) is 32.2 Å². The van der Waals surface area contributed by atoms with Gasteiger partial charge in [0.1, 0.15) is 12.9 Å². The number of tetrazole rings is 1. The Kier molecular flexibility index (Phi) is 6.21. The molecule has 1 atom stereocenters. The molecule has 0 radical (unpaired) electrons. The number of hydrogen-bond acceptors (Lipinski definition) is 9. The number of anilines is 1. The molecule has 1 aliphatic heterocycles. The summed E-state index contributed by atoms with van der Waals surface area (Å²) >= 11 is 0. The molecule has 35 heavy (non-hydrogen) atoms. The lowest BCUT2D eigenvalue weighted by Gasteiger charge is -2.30. The molecule has 10 nitrogen and oxygen atoms in total. The number of benzene rings is 1. The van der Waals surface area contributed by atoms with Crippen molar-refractivity contribution < 1.29 is 13.7 Å². The summed E-state index contributed by atoms with van der Waals surface area (Å²) in [6, 6.07) is 8.47. The summed E-state index contributed by atoms with van der Waals surface area (Å²) in [7, 11) is 0. The number of halogens is 1. The van der Waals surface area contributed by atoms with E-state index in [0.29, 0.717) is 29.8 Å². The Balaban J connectivity index is 1.21. The molecule has 0 bridgehead atoms. The van der Waals surface area contributed by atoms with Gasteiger partial charge in [-0.05, 0) is 50.8 Å². The summed E-state index contributed by atoms with van der Waals surface area (Å²) in [6.07, 6.45) is 5.40. The van der Waals surface area contributed by atoms with E-state index >= 15 is 0 Å². The second kappa shape index (κ2) is 9.61. The zero-order valence-corrected chi connectivity index (χ0v) is 19.7. The Morgan fingerprint density at radius 3 is 2.77 bits per heavy atom. The lowest BCUT2D eigenvalue weighted by atomic mass is 9.91. The standard InChI is InChI=1S/C24H25FN8O2/c1-15(2)23-28-24(29-35-23)32-9-8-20(16(3)12-32)17-4-5-18(26-11-17)13-34-22-7-6-19(10-21(22)25)33-14-27-30-31-33/h4-8,10-11,14-16H,9,12-13H2,1-3H3. The van der Waals surface area contributed by atoms with Crippen molar-refractivity contribution in [3.05, 3.63) is 71.9 Å². The van der Waals surface area contributed by atoms with Crippen LogP contribution in [-0.4, -0.2) is 48.4 Å². The fourth-order valence-electron chi connectivity index (χ4n) is 3.93. The van der Waals surface area contributed by atoms with E-state index in [4.69, 9.17) is 9.26 Å². The lowest BCUT2D eigenvalue weighted by molar-refractivity contribution is 0.286. The first-order chi connectivity index (χ1) is 17.0. The zero-order chi connectivity index (χ0) is 24.4. The molecular weight excluding hydrogens is 451 g/mol. The van der Waals surface area contributed by atoms with Crippen molar-refractivity contribution in [2.45, 2.75) is 33.3 Å². The Morgan fingerprint density at radius 1 is 1.23 bits per heavy atom. The first-order valence-electron chi connectivity index (χ1n) is 11.4. The van der Waals surface area contributed by atoms with E-state index < -0.39 is 5.82 Å². The van der Waals surface area contributed by atoms with Crippen molar-refractivity contribution in [1.29, 1.82) is 0 Å². The molecule has 0 saturated heterocycles. The van der Waals surface area contributed by atoms with Crippen molar-refractivity contribution in [2.75, 3.05) is 18.0 Å². The van der Waals surface area contributed by atoms with Gasteiger partial charge in [0, 0.05) is 31.3 Å². The highest BCUT2D eigenvalue weighted by molar-refractivity contribution is 5.69. The number of hydrogen-bond donors (Lipinski definition) is 0. The van der Waals surface area contributed by atoms with Crippen molar-refractivity contribution in [3.63, 3.8) is 0 Å². The van der Waals surface area contributed by atoms with Gasteiger partial charge in [0.2, 0.25) is 5.89 Å². The highest BCUT2D eigenvalue weighted by Gasteiger charge is 2.24. The van der Waals surface area contributed by atoms with E-state index in [9.17, 15) is 4.39 Å². The van der Waals surface area contributed by atoms with E-state index in [1.54, 1.807) is 12.1 Å². The predicted octanol–water partition coefficient (Wildman–Crippen LogP) is 3.82. The van der Waals surface area contributed by atoms with Gasteiger partial charge in [-0.15, -0.1) is 5.10 Å². The topological polar surface area (TPSA) is 108 Å². The monoisotopic (exact) mass is 476 g/mol. The van der Waals surface area contributed by atoms with Crippen LogP contribution in [0, 0.1) is 11.7 Å². The van der Waals surface area contributed by atoms with Crippen LogP contribution in [0.25, 0.3) is 11.3 Å². The first-order valence-corrected chi connectivity index (χ1v) is 11.4. The Hall–Kier alpha value is -4.15. The third kappa shape index (κ3) is 4.88. The molecule has 0 aliphatic carbocycles. The van der Waals surface area contributed by atoms with Crippen molar-refractivity contribution >= 4 is 11.5 Å². The second-order valence-electron chi connectivity index (χ2n) is 8.75. The van der Waals surface area contributed by atoms with Crippen molar-refractivity contribution in [2.24, 2.45) is 5.92 Å². The number of ether oxygens (including phenoxy) is 1. The summed E-state index contributed by atoms with van der Waals surface area (Å²) in [5.74, 6) is 1.38. The highest BCUT2D eigenvalue weighted by Crippen LogP contribution is 2.29. The van der Waals surface area contributed by atoms with Crippen molar-refractivity contribution in [3.8, 4) is 11.4 Å². The summed E-state index contributed by atoms with van der Waals surface area (Å²) in [5, 5.41) is 15.0. The smallest absolute Gasteiger partial charge is 0.266 e. The SMILES string of the molecule is CC1CN(c2noc(C(C)C)n2)CC=C1c1ccc(COc2ccc(-n3cnnn3)cc2F)nc1. The van der Waals surface area contributed by atoms with Gasteiger partial charge in [-0.3, -0.25) is 4.98 Å². The molecule has 1 aliphatic rings. The van der Waals surface area contributed by atoms with Crippen LogP contribution >= 0.6 is 0 Å². The maximum Gasteiger partial charge on any atom is 0.266 e. The Labute approximate surface area is 201 Å². The quantitative estimate of drug-likeness (QED) is 0.393. The van der Waals surface area contributed by atoms with Gasteiger partial charge in [0.15, 0.2) is 11.6 Å². The Bertz CT molecular complexity index is 1320. The fourth-order valence-corrected chi connectivity index (χ4v) is 3.93. The molecule has 3 aromatic heterocycles. The molecular formula is C24H25FN8O2. The molecule has 0 amide bonds. The minimum atomic E-state index is -0.498. The van der Waals surface area contributed by atoms with E-state index in [1.165, 1.54) is 22.6 Å². The third-order valence-electron chi connectivity index (χ3n) is 5.83. The Morgan fingerprint density at radius 2 is 2.11 bits per heavy atom. The van der Waals surface area contributed by atoms with Crippen LogP contribution in [0.3, 0.4) is 0 Å². The van der Waals surface area contributed by atoms with Gasteiger partial charge in [0.05, 0.1) is 11.4 Å². The second-order valence-corrected chi connectivity index (χ2v) is 8.75. The fraction of sp³-hybridized carbons (Fsp3) is 0.333.